The highest BCUT2D eigenvalue weighted by Crippen LogP contribution is 2.01. The van der Waals surface area contributed by atoms with E-state index in [2.05, 4.69) is 10.1 Å². The maximum absolute atomic E-state index is 11.1. The summed E-state index contributed by atoms with van der Waals surface area (Å²) in [6, 6.07) is -0.988. The highest BCUT2D eigenvalue weighted by atomic mass is 32.2. The lowest BCUT2D eigenvalue weighted by Gasteiger charge is -2.06. The molecule has 0 aliphatic rings. The minimum atomic E-state index is -1.11. The van der Waals surface area contributed by atoms with E-state index in [-0.39, 0.29) is 24.0 Å². The van der Waals surface area contributed by atoms with Gasteiger partial charge in [0, 0.05) is 5.75 Å². The Morgan fingerprint density at radius 2 is 2.12 bits per heavy atom. The summed E-state index contributed by atoms with van der Waals surface area (Å²) in [6.45, 7) is -0.194. The van der Waals surface area contributed by atoms with Crippen LogP contribution in [0, 0.1) is 0 Å². The Bertz CT molecular complexity index is 271. The van der Waals surface area contributed by atoms with Crippen LogP contribution in [-0.2, 0) is 19.1 Å². The van der Waals surface area contributed by atoms with E-state index in [9.17, 15) is 14.4 Å². The van der Waals surface area contributed by atoms with Gasteiger partial charge in [-0.2, -0.15) is 0 Å². The van der Waals surface area contributed by atoms with Crippen molar-refractivity contribution in [2.45, 2.75) is 6.04 Å². The summed E-state index contributed by atoms with van der Waals surface area (Å²) >= 11 is 1.09. The van der Waals surface area contributed by atoms with Crippen molar-refractivity contribution in [3.63, 3.8) is 0 Å². The van der Waals surface area contributed by atoms with Crippen LogP contribution in [-0.4, -0.2) is 54.2 Å². The predicted octanol–water partition coefficient (Wildman–Crippen LogP) is -1.58. The number of hydrogen-bond donors (Lipinski definition) is 3. The summed E-state index contributed by atoms with van der Waals surface area (Å²) in [7, 11) is 1.22. The summed E-state index contributed by atoms with van der Waals surface area (Å²) in [6.07, 6.45) is 0. The maximum atomic E-state index is 11.1. The molecule has 0 unspecified atom stereocenters. The van der Waals surface area contributed by atoms with Gasteiger partial charge in [-0.05, 0) is 0 Å². The molecule has 0 heterocycles. The first-order valence-electron chi connectivity index (χ1n) is 4.37. The molecule has 0 aromatic rings. The molecule has 7 nitrogen and oxygen atoms in total. The molecule has 92 valence electrons. The number of rotatable bonds is 7. The summed E-state index contributed by atoms with van der Waals surface area (Å²) in [5.74, 6) is -1.82. The van der Waals surface area contributed by atoms with Gasteiger partial charge in [0.05, 0.1) is 12.9 Å². The van der Waals surface area contributed by atoms with E-state index in [4.69, 9.17) is 10.8 Å². The molecule has 0 bridgehead atoms. The number of carboxylic acids is 1. The highest BCUT2D eigenvalue weighted by Gasteiger charge is 2.12. The third kappa shape index (κ3) is 7.07. The molecule has 16 heavy (non-hydrogen) atoms. The monoisotopic (exact) mass is 250 g/mol. The molecule has 0 saturated carbocycles. The zero-order valence-corrected chi connectivity index (χ0v) is 9.58. The topological polar surface area (TPSA) is 119 Å². The molecule has 0 aliphatic heterocycles. The molecular formula is C8H14N2O5S. The van der Waals surface area contributed by atoms with Gasteiger partial charge < -0.3 is 20.9 Å². The summed E-state index contributed by atoms with van der Waals surface area (Å²) in [5.41, 5.74) is 5.22. The normalized spacial score (nSPS) is 11.6. The van der Waals surface area contributed by atoms with Crippen LogP contribution in [0.3, 0.4) is 0 Å². The van der Waals surface area contributed by atoms with Crippen molar-refractivity contribution in [3.8, 4) is 0 Å². The molecule has 1 atom stereocenters. The number of ether oxygens (including phenoxy) is 1. The van der Waals surface area contributed by atoms with Gasteiger partial charge in [0.25, 0.3) is 0 Å². The SMILES string of the molecule is COC(=O)CNC(=O)CSC[C@@H](N)C(=O)O. The van der Waals surface area contributed by atoms with E-state index in [0.717, 1.165) is 11.8 Å². The lowest BCUT2D eigenvalue weighted by molar-refractivity contribution is -0.141. The Morgan fingerprint density at radius 3 is 2.62 bits per heavy atom. The number of aliphatic carboxylic acids is 1. The first-order chi connectivity index (χ1) is 7.47. The molecule has 0 spiro atoms. The average Bonchev–Trinajstić information content (AvgIpc) is 2.25. The molecule has 0 aromatic heterocycles. The number of carbonyl (C=O) groups is 3. The van der Waals surface area contributed by atoms with Crippen LogP contribution < -0.4 is 11.1 Å². The van der Waals surface area contributed by atoms with Crippen molar-refractivity contribution in [2.24, 2.45) is 5.73 Å². The molecule has 0 aliphatic carbocycles. The Morgan fingerprint density at radius 1 is 1.50 bits per heavy atom. The van der Waals surface area contributed by atoms with Gasteiger partial charge in [0.15, 0.2) is 0 Å². The van der Waals surface area contributed by atoms with Crippen molar-refractivity contribution in [2.75, 3.05) is 25.2 Å². The smallest absolute Gasteiger partial charge is 0.325 e. The van der Waals surface area contributed by atoms with E-state index >= 15 is 0 Å². The van der Waals surface area contributed by atoms with Crippen LogP contribution >= 0.6 is 11.8 Å². The molecule has 0 saturated heterocycles. The summed E-state index contributed by atoms with van der Waals surface area (Å²) in [5, 5.41) is 10.8. The van der Waals surface area contributed by atoms with Crippen molar-refractivity contribution < 1.29 is 24.2 Å². The first-order valence-corrected chi connectivity index (χ1v) is 5.52. The molecule has 0 radical (unpaired) electrons. The maximum Gasteiger partial charge on any atom is 0.325 e. The third-order valence-electron chi connectivity index (χ3n) is 1.51. The Labute approximate surface area is 96.7 Å². The fraction of sp³-hybridized carbons (Fsp3) is 0.625. The fourth-order valence-corrected chi connectivity index (χ4v) is 1.45. The molecule has 8 heteroatoms. The molecule has 1 amide bonds. The summed E-state index contributed by atoms with van der Waals surface area (Å²) in [4.78, 5) is 32.1. The van der Waals surface area contributed by atoms with E-state index in [0.29, 0.717) is 0 Å². The second-order valence-corrected chi connectivity index (χ2v) is 3.84. The molecular weight excluding hydrogens is 236 g/mol. The Kier molecular flexibility index (Phi) is 7.31. The zero-order valence-electron chi connectivity index (χ0n) is 8.76. The van der Waals surface area contributed by atoms with Crippen LogP contribution in [0.1, 0.15) is 0 Å². The van der Waals surface area contributed by atoms with Gasteiger partial charge >= 0.3 is 11.9 Å². The van der Waals surface area contributed by atoms with E-state index in [1.54, 1.807) is 0 Å². The van der Waals surface area contributed by atoms with Gasteiger partial charge in [-0.1, -0.05) is 0 Å². The molecule has 0 rings (SSSR count). The van der Waals surface area contributed by atoms with Gasteiger partial charge in [-0.25, -0.2) is 0 Å². The van der Waals surface area contributed by atoms with Gasteiger partial charge in [0.2, 0.25) is 5.91 Å². The number of thioether (sulfide) groups is 1. The first kappa shape index (κ1) is 14.7. The number of carboxylic acid groups (broad SMARTS) is 1. The second kappa shape index (κ2) is 7.94. The van der Waals surface area contributed by atoms with Crippen LogP contribution in [0.4, 0.5) is 0 Å². The lowest BCUT2D eigenvalue weighted by atomic mass is 10.4. The number of nitrogens with one attached hydrogen (secondary N) is 1. The number of nitrogens with two attached hydrogens (primary N) is 1. The fourth-order valence-electron chi connectivity index (χ4n) is 0.644. The Hall–Kier alpha value is -1.28. The molecule has 4 N–H and O–H groups in total. The average molecular weight is 250 g/mol. The second-order valence-electron chi connectivity index (χ2n) is 2.81. The van der Waals surface area contributed by atoms with Gasteiger partial charge in [-0.3, -0.25) is 14.4 Å². The number of carbonyl (C=O) groups excluding carboxylic acids is 2. The minimum Gasteiger partial charge on any atom is -0.480 e. The van der Waals surface area contributed by atoms with Crippen LogP contribution in [0.2, 0.25) is 0 Å². The Balaban J connectivity index is 3.58. The predicted molar refractivity (Wildman–Crippen MR) is 58.0 cm³/mol. The lowest BCUT2D eigenvalue weighted by Crippen LogP contribution is -2.34. The van der Waals surface area contributed by atoms with Crippen molar-refractivity contribution in [1.29, 1.82) is 0 Å². The standard InChI is InChI=1S/C8H14N2O5S/c1-15-7(12)2-10-6(11)4-16-3-5(9)8(13)14/h5H,2-4,9H2,1H3,(H,10,11)(H,13,14)/t5-/m1/s1. The van der Waals surface area contributed by atoms with E-state index < -0.39 is 18.0 Å². The van der Waals surface area contributed by atoms with Crippen LogP contribution in [0.5, 0.6) is 0 Å². The molecule has 0 fully saturated rings. The minimum absolute atomic E-state index is 0.0535. The summed E-state index contributed by atoms with van der Waals surface area (Å²) < 4.78 is 4.32. The van der Waals surface area contributed by atoms with Crippen molar-refractivity contribution >= 4 is 29.6 Å². The van der Waals surface area contributed by atoms with Crippen LogP contribution in [0.25, 0.3) is 0 Å². The van der Waals surface area contributed by atoms with E-state index in [1.807, 2.05) is 0 Å². The van der Waals surface area contributed by atoms with E-state index in [1.165, 1.54) is 7.11 Å². The zero-order chi connectivity index (χ0) is 12.6. The number of methoxy groups -OCH3 is 1. The van der Waals surface area contributed by atoms with Crippen LogP contribution in [0.15, 0.2) is 0 Å². The largest absolute Gasteiger partial charge is 0.480 e. The third-order valence-corrected chi connectivity index (χ3v) is 2.57. The quantitative estimate of drug-likeness (QED) is 0.466. The molecule has 0 aromatic carbocycles. The number of esters is 1. The number of hydrogen-bond acceptors (Lipinski definition) is 6. The van der Waals surface area contributed by atoms with Crippen molar-refractivity contribution in [1.82, 2.24) is 5.32 Å². The highest BCUT2D eigenvalue weighted by molar-refractivity contribution is 8.00. The van der Waals surface area contributed by atoms with Gasteiger partial charge in [-0.15, -0.1) is 11.8 Å². The van der Waals surface area contributed by atoms with Gasteiger partial charge in [0.1, 0.15) is 12.6 Å². The van der Waals surface area contributed by atoms with Crippen molar-refractivity contribution in [3.05, 3.63) is 0 Å². The number of amides is 1.